The first-order chi connectivity index (χ1) is 9.26. The van der Waals surface area contributed by atoms with E-state index in [2.05, 4.69) is 6.92 Å². The third kappa shape index (κ3) is 7.32. The minimum absolute atomic E-state index is 0.0249. The minimum atomic E-state index is -3.67. The Morgan fingerprint density at radius 3 is 2.10 bits per heavy atom. The average Bonchev–Trinajstić information content (AvgIpc) is 2.36. The number of ether oxygens (including phenoxy) is 2. The van der Waals surface area contributed by atoms with Gasteiger partial charge in [0, 0.05) is 0 Å². The molecular weight excluding hydrogens is 284 g/mol. The predicted octanol–water partition coefficient (Wildman–Crippen LogP) is 1.65. The van der Waals surface area contributed by atoms with E-state index in [1.807, 2.05) is 6.07 Å². The van der Waals surface area contributed by atoms with Gasteiger partial charge in [0.1, 0.15) is 0 Å². The molecule has 0 aliphatic rings. The number of benzene rings is 1. The van der Waals surface area contributed by atoms with E-state index in [0.717, 1.165) is 29.7 Å². The molecule has 0 fully saturated rings. The largest absolute Gasteiger partial charge is 0.493 e. The Bertz CT molecular complexity index is 502. The van der Waals surface area contributed by atoms with E-state index in [0.29, 0.717) is 12.0 Å². The van der Waals surface area contributed by atoms with Crippen molar-refractivity contribution in [2.75, 3.05) is 20.5 Å². The second-order valence-corrected chi connectivity index (χ2v) is 5.60. The van der Waals surface area contributed by atoms with E-state index in [1.165, 1.54) is 0 Å². The van der Waals surface area contributed by atoms with Crippen LogP contribution in [0.2, 0.25) is 0 Å². The van der Waals surface area contributed by atoms with Crippen LogP contribution < -0.4 is 9.47 Å². The van der Waals surface area contributed by atoms with Crippen LogP contribution in [0.25, 0.3) is 0 Å². The van der Waals surface area contributed by atoms with Crippen molar-refractivity contribution in [3.05, 3.63) is 23.3 Å². The van der Waals surface area contributed by atoms with Crippen molar-refractivity contribution in [1.29, 1.82) is 0 Å². The Balaban J connectivity index is 0.000000621. The maximum absolute atomic E-state index is 9.19. The number of aliphatic hydroxyl groups excluding tert-OH is 1. The van der Waals surface area contributed by atoms with E-state index < -0.39 is 10.1 Å². The molecule has 0 bridgehead atoms. The van der Waals surface area contributed by atoms with E-state index in [9.17, 15) is 8.42 Å². The Hall–Kier alpha value is -1.31. The molecule has 0 amide bonds. The fourth-order valence-corrected chi connectivity index (χ4v) is 1.65. The molecule has 7 heteroatoms. The number of rotatable bonds is 5. The molecule has 6 nitrogen and oxygen atoms in total. The summed E-state index contributed by atoms with van der Waals surface area (Å²) in [4.78, 5) is 0. The maximum atomic E-state index is 9.19. The fourth-order valence-electron chi connectivity index (χ4n) is 1.65. The van der Waals surface area contributed by atoms with Crippen molar-refractivity contribution >= 4 is 10.1 Å². The highest BCUT2D eigenvalue weighted by atomic mass is 32.2. The first-order valence-corrected chi connectivity index (χ1v) is 7.88. The molecule has 2 N–H and O–H groups in total. The first kappa shape index (κ1) is 18.7. The molecule has 0 spiro atoms. The van der Waals surface area contributed by atoms with E-state index >= 15 is 0 Å². The zero-order valence-corrected chi connectivity index (χ0v) is 13.0. The summed E-state index contributed by atoms with van der Waals surface area (Å²) in [6.45, 7) is 2.13. The van der Waals surface area contributed by atoms with Crippen LogP contribution in [0.15, 0.2) is 12.1 Å². The van der Waals surface area contributed by atoms with Gasteiger partial charge in [-0.25, -0.2) is 0 Å². The maximum Gasteiger partial charge on any atom is 0.261 e. The van der Waals surface area contributed by atoms with Gasteiger partial charge in [-0.1, -0.05) is 13.3 Å². The summed E-state index contributed by atoms with van der Waals surface area (Å²) in [5.74, 6) is 1.46. The lowest BCUT2D eigenvalue weighted by molar-refractivity contribution is 0.280. The van der Waals surface area contributed by atoms with Gasteiger partial charge in [0.2, 0.25) is 0 Å². The van der Waals surface area contributed by atoms with Crippen LogP contribution in [0.4, 0.5) is 0 Å². The highest BCUT2D eigenvalue weighted by Gasteiger charge is 2.11. The van der Waals surface area contributed by atoms with Gasteiger partial charge in [0.15, 0.2) is 11.5 Å². The van der Waals surface area contributed by atoms with Crippen LogP contribution in [-0.4, -0.2) is 38.6 Å². The van der Waals surface area contributed by atoms with Gasteiger partial charge >= 0.3 is 0 Å². The lowest BCUT2D eigenvalue weighted by Crippen LogP contribution is -1.98. The third-order valence-electron chi connectivity index (χ3n) is 2.32. The van der Waals surface area contributed by atoms with Gasteiger partial charge in [-0.2, -0.15) is 8.42 Å². The van der Waals surface area contributed by atoms with Gasteiger partial charge in [-0.15, -0.1) is 0 Å². The quantitative estimate of drug-likeness (QED) is 0.804. The third-order valence-corrected chi connectivity index (χ3v) is 2.32. The summed E-state index contributed by atoms with van der Waals surface area (Å²) in [6, 6.07) is 3.77. The lowest BCUT2D eigenvalue weighted by atomic mass is 10.0. The minimum Gasteiger partial charge on any atom is -0.493 e. The molecule has 20 heavy (non-hydrogen) atoms. The van der Waals surface area contributed by atoms with Crippen molar-refractivity contribution in [2.24, 2.45) is 0 Å². The van der Waals surface area contributed by atoms with Crippen molar-refractivity contribution in [2.45, 2.75) is 26.4 Å². The van der Waals surface area contributed by atoms with E-state index in [-0.39, 0.29) is 6.61 Å². The fraction of sp³-hybridized carbons (Fsp3) is 0.538. The Labute approximate surface area is 120 Å². The topological polar surface area (TPSA) is 93.1 Å². The van der Waals surface area contributed by atoms with Crippen LogP contribution in [-0.2, 0) is 23.1 Å². The van der Waals surface area contributed by atoms with Gasteiger partial charge in [0.25, 0.3) is 10.1 Å². The molecule has 0 heterocycles. The Morgan fingerprint density at radius 2 is 1.75 bits per heavy atom. The predicted molar refractivity (Wildman–Crippen MR) is 76.9 cm³/mol. The molecule has 1 aromatic carbocycles. The van der Waals surface area contributed by atoms with Crippen LogP contribution in [0.1, 0.15) is 24.5 Å². The summed E-state index contributed by atoms with van der Waals surface area (Å²) in [5.41, 5.74) is 1.94. The molecule has 0 aliphatic heterocycles. The molecule has 0 saturated carbocycles. The first-order valence-electron chi connectivity index (χ1n) is 6.03. The zero-order chi connectivity index (χ0) is 15.8. The van der Waals surface area contributed by atoms with Crippen molar-refractivity contribution in [1.82, 2.24) is 0 Å². The number of hydrogen-bond donors (Lipinski definition) is 2. The van der Waals surface area contributed by atoms with E-state index in [1.54, 1.807) is 20.3 Å². The molecule has 116 valence electrons. The molecule has 0 radical (unpaired) electrons. The van der Waals surface area contributed by atoms with E-state index in [4.69, 9.17) is 19.1 Å². The summed E-state index contributed by atoms with van der Waals surface area (Å²) in [5, 5.41) is 9.12. The second kappa shape index (κ2) is 8.78. The SMILES string of the molecule is CCCc1cc(CO)cc(OC)c1OC.CS(=O)(=O)O. The van der Waals surface area contributed by atoms with Crippen molar-refractivity contribution in [3.63, 3.8) is 0 Å². The second-order valence-electron chi connectivity index (χ2n) is 4.13. The van der Waals surface area contributed by atoms with Crippen LogP contribution in [0.5, 0.6) is 11.5 Å². The van der Waals surface area contributed by atoms with Crippen LogP contribution in [0, 0.1) is 0 Å². The van der Waals surface area contributed by atoms with Gasteiger partial charge in [0.05, 0.1) is 27.1 Å². The number of methoxy groups -OCH3 is 2. The van der Waals surface area contributed by atoms with Gasteiger partial charge < -0.3 is 14.6 Å². The molecule has 0 unspecified atom stereocenters. The molecular formula is C13H22O6S. The number of aliphatic hydroxyl groups is 1. The zero-order valence-electron chi connectivity index (χ0n) is 12.2. The standard InChI is InChI=1S/C12H18O3.CH4O3S/c1-4-5-10-6-9(8-13)7-11(14-2)12(10)15-3;1-5(2,3)4/h6-7,13H,4-5,8H2,1-3H3;1H3,(H,2,3,4). The summed E-state index contributed by atoms with van der Waals surface area (Å²) >= 11 is 0. The Kier molecular flexibility index (Phi) is 8.21. The summed E-state index contributed by atoms with van der Waals surface area (Å²) < 4.78 is 36.4. The molecule has 1 rings (SSSR count). The summed E-state index contributed by atoms with van der Waals surface area (Å²) in [7, 11) is -0.426. The monoisotopic (exact) mass is 306 g/mol. The van der Waals surface area contributed by atoms with Crippen molar-refractivity contribution in [3.8, 4) is 11.5 Å². The molecule has 0 saturated heterocycles. The normalized spacial score (nSPS) is 10.5. The molecule has 0 atom stereocenters. The highest BCUT2D eigenvalue weighted by molar-refractivity contribution is 7.85. The lowest BCUT2D eigenvalue weighted by Gasteiger charge is -2.13. The van der Waals surface area contributed by atoms with Crippen LogP contribution >= 0.6 is 0 Å². The number of aryl methyl sites for hydroxylation is 1. The summed E-state index contributed by atoms with van der Waals surface area (Å²) in [6.07, 6.45) is 2.68. The highest BCUT2D eigenvalue weighted by Crippen LogP contribution is 2.33. The van der Waals surface area contributed by atoms with Gasteiger partial charge in [-0.05, 0) is 29.7 Å². The number of hydrogen-bond acceptors (Lipinski definition) is 5. The van der Waals surface area contributed by atoms with Gasteiger partial charge in [-0.3, -0.25) is 4.55 Å². The molecule has 1 aromatic rings. The average molecular weight is 306 g/mol. The Morgan fingerprint density at radius 1 is 1.20 bits per heavy atom. The molecule has 0 aromatic heterocycles. The molecule has 0 aliphatic carbocycles. The van der Waals surface area contributed by atoms with Crippen LogP contribution in [0.3, 0.4) is 0 Å². The smallest absolute Gasteiger partial charge is 0.261 e. The van der Waals surface area contributed by atoms with Crippen molar-refractivity contribution < 1.29 is 27.6 Å².